The minimum Gasteiger partial charge on any atom is -0.355 e. The Balaban J connectivity index is 1.46. The van der Waals surface area contributed by atoms with Crippen LogP contribution in [0.3, 0.4) is 0 Å². The lowest BCUT2D eigenvalue weighted by Gasteiger charge is -2.25. The zero-order chi connectivity index (χ0) is 20.1. The van der Waals surface area contributed by atoms with Crippen LogP contribution in [-0.4, -0.2) is 55.3 Å². The molecule has 0 radical (unpaired) electrons. The van der Waals surface area contributed by atoms with E-state index in [9.17, 15) is 8.42 Å². The molecule has 3 rings (SSSR count). The number of hydrogen-bond donors (Lipinski definition) is 3. The van der Waals surface area contributed by atoms with Crippen molar-refractivity contribution in [1.29, 1.82) is 0 Å². The highest BCUT2D eigenvalue weighted by Crippen LogP contribution is 2.17. The van der Waals surface area contributed by atoms with Crippen molar-refractivity contribution >= 4 is 27.3 Å². The average Bonchev–Trinajstić information content (AvgIpc) is 3.33. The van der Waals surface area contributed by atoms with Crippen LogP contribution in [0, 0.1) is 0 Å². The van der Waals surface area contributed by atoms with Gasteiger partial charge < -0.3 is 10.6 Å². The van der Waals surface area contributed by atoms with Gasteiger partial charge >= 0.3 is 0 Å². The van der Waals surface area contributed by atoms with E-state index in [4.69, 9.17) is 0 Å². The van der Waals surface area contributed by atoms with Crippen molar-refractivity contribution < 1.29 is 8.42 Å². The summed E-state index contributed by atoms with van der Waals surface area (Å²) in [5, 5.41) is 12.9. The number of hydrogen-bond acceptors (Lipinski definition) is 6. The number of nitrogens with zero attached hydrogens (tertiary/aromatic N) is 4. The molecule has 0 aliphatic carbocycles. The Morgan fingerprint density at radius 1 is 1.43 bits per heavy atom. The van der Waals surface area contributed by atoms with Crippen LogP contribution in [0.2, 0.25) is 0 Å². The standard InChI is InChI=1S/C17H27N7O2S2/c1-12(2)16-22-14-7-6-13(11-24(14)23-16)21-17(18-3)19-8-9-20-28(25,26)15-5-4-10-27-15/h4-5,10,12-13,20H,6-9,11H2,1-3H3,(H2,18,19,21). The van der Waals surface area contributed by atoms with Crippen molar-refractivity contribution in [3.05, 3.63) is 29.2 Å². The molecule has 0 fully saturated rings. The zero-order valence-electron chi connectivity index (χ0n) is 16.3. The summed E-state index contributed by atoms with van der Waals surface area (Å²) in [6.45, 7) is 5.63. The Morgan fingerprint density at radius 2 is 2.25 bits per heavy atom. The van der Waals surface area contributed by atoms with Crippen LogP contribution in [0.25, 0.3) is 0 Å². The van der Waals surface area contributed by atoms with Crippen molar-refractivity contribution in [2.24, 2.45) is 4.99 Å². The first-order chi connectivity index (χ1) is 13.4. The average molecular weight is 426 g/mol. The molecule has 1 unspecified atom stereocenters. The van der Waals surface area contributed by atoms with Crippen LogP contribution >= 0.6 is 11.3 Å². The highest BCUT2D eigenvalue weighted by Gasteiger charge is 2.23. The molecule has 11 heteroatoms. The molecule has 0 amide bonds. The molecule has 154 valence electrons. The molecule has 28 heavy (non-hydrogen) atoms. The Kier molecular flexibility index (Phi) is 6.68. The summed E-state index contributed by atoms with van der Waals surface area (Å²) in [6.07, 6.45) is 1.82. The number of fused-ring (bicyclic) bond motifs is 1. The molecule has 2 aromatic rings. The van der Waals surface area contributed by atoms with Gasteiger partial charge in [0, 0.05) is 38.5 Å². The SMILES string of the molecule is CN=C(NCCNS(=O)(=O)c1cccs1)NC1CCc2nc(C(C)C)nn2C1. The topological polar surface area (TPSA) is 113 Å². The Morgan fingerprint density at radius 3 is 2.93 bits per heavy atom. The van der Waals surface area contributed by atoms with E-state index in [2.05, 4.69) is 44.3 Å². The number of rotatable bonds is 7. The molecular formula is C17H27N7O2S2. The maximum atomic E-state index is 12.1. The summed E-state index contributed by atoms with van der Waals surface area (Å²) in [4.78, 5) is 8.83. The third-order valence-corrected chi connectivity index (χ3v) is 7.28. The molecule has 1 aliphatic heterocycles. The molecule has 1 aliphatic rings. The van der Waals surface area contributed by atoms with E-state index in [0.29, 0.717) is 22.6 Å². The second-order valence-corrected chi connectivity index (χ2v) is 9.87. The van der Waals surface area contributed by atoms with E-state index >= 15 is 0 Å². The molecule has 0 aromatic carbocycles. The second kappa shape index (κ2) is 9.01. The number of thiophene rings is 1. The van der Waals surface area contributed by atoms with Gasteiger partial charge in [0.15, 0.2) is 11.8 Å². The molecule has 2 aromatic heterocycles. The molecule has 0 spiro atoms. The highest BCUT2D eigenvalue weighted by molar-refractivity contribution is 7.91. The molecule has 3 N–H and O–H groups in total. The van der Waals surface area contributed by atoms with Gasteiger partial charge in [-0.05, 0) is 17.9 Å². The van der Waals surface area contributed by atoms with Gasteiger partial charge in [-0.1, -0.05) is 19.9 Å². The van der Waals surface area contributed by atoms with Crippen LogP contribution in [0.15, 0.2) is 26.7 Å². The number of nitrogens with one attached hydrogen (secondary N) is 3. The van der Waals surface area contributed by atoms with Gasteiger partial charge in [-0.3, -0.25) is 4.99 Å². The van der Waals surface area contributed by atoms with E-state index in [-0.39, 0.29) is 12.6 Å². The van der Waals surface area contributed by atoms with Crippen molar-refractivity contribution in [2.45, 2.75) is 49.4 Å². The molecule has 3 heterocycles. The fourth-order valence-corrected chi connectivity index (χ4v) is 5.00. The van der Waals surface area contributed by atoms with Gasteiger partial charge in [0.25, 0.3) is 0 Å². The Labute approximate surface area is 169 Å². The summed E-state index contributed by atoms with van der Waals surface area (Å²) in [7, 11) is -1.74. The summed E-state index contributed by atoms with van der Waals surface area (Å²) < 4.78 is 29.1. The quantitative estimate of drug-likeness (QED) is 0.345. The van der Waals surface area contributed by atoms with Gasteiger partial charge in [0.05, 0.1) is 6.54 Å². The number of guanidine groups is 1. The van der Waals surface area contributed by atoms with Crippen LogP contribution in [0.4, 0.5) is 0 Å². The molecule has 0 saturated heterocycles. The van der Waals surface area contributed by atoms with E-state index in [1.165, 1.54) is 11.3 Å². The van der Waals surface area contributed by atoms with E-state index in [1.807, 2.05) is 4.68 Å². The van der Waals surface area contributed by atoms with Gasteiger partial charge in [-0.25, -0.2) is 22.8 Å². The number of sulfonamides is 1. The number of aromatic nitrogens is 3. The molecule has 9 nitrogen and oxygen atoms in total. The van der Waals surface area contributed by atoms with Crippen molar-refractivity contribution in [3.63, 3.8) is 0 Å². The summed E-state index contributed by atoms with van der Waals surface area (Å²) in [5.74, 6) is 2.88. The van der Waals surface area contributed by atoms with Gasteiger partial charge in [-0.15, -0.1) is 11.3 Å². The minimum atomic E-state index is -3.44. The summed E-state index contributed by atoms with van der Waals surface area (Å²) in [5.41, 5.74) is 0. The molecule has 0 saturated carbocycles. The first kappa shape index (κ1) is 20.7. The van der Waals surface area contributed by atoms with Crippen molar-refractivity contribution in [1.82, 2.24) is 30.1 Å². The second-order valence-electron chi connectivity index (χ2n) is 6.93. The van der Waals surface area contributed by atoms with Crippen LogP contribution in [0.5, 0.6) is 0 Å². The van der Waals surface area contributed by atoms with Gasteiger partial charge in [-0.2, -0.15) is 5.10 Å². The van der Waals surface area contributed by atoms with Gasteiger partial charge in [0.1, 0.15) is 10.0 Å². The molecular weight excluding hydrogens is 398 g/mol. The first-order valence-corrected chi connectivity index (χ1v) is 11.7. The summed E-state index contributed by atoms with van der Waals surface area (Å²) >= 11 is 1.20. The maximum absolute atomic E-state index is 12.1. The lowest BCUT2D eigenvalue weighted by Crippen LogP contribution is -2.48. The smallest absolute Gasteiger partial charge is 0.250 e. The minimum absolute atomic E-state index is 0.197. The lowest BCUT2D eigenvalue weighted by atomic mass is 10.1. The fourth-order valence-electron chi connectivity index (χ4n) is 2.93. The predicted octanol–water partition coefficient (Wildman–Crippen LogP) is 0.921. The summed E-state index contributed by atoms with van der Waals surface area (Å²) in [6, 6.07) is 3.51. The van der Waals surface area contributed by atoms with Crippen LogP contribution in [0.1, 0.15) is 37.8 Å². The number of aryl methyl sites for hydroxylation is 1. The third kappa shape index (κ3) is 5.09. The van der Waals surface area contributed by atoms with E-state index < -0.39 is 10.0 Å². The van der Waals surface area contributed by atoms with Crippen molar-refractivity contribution in [3.8, 4) is 0 Å². The Hall–Kier alpha value is -1.98. The molecule has 0 bridgehead atoms. The number of aliphatic imine (C=N–C) groups is 1. The third-order valence-electron chi connectivity index (χ3n) is 4.42. The van der Waals surface area contributed by atoms with E-state index in [1.54, 1.807) is 24.6 Å². The lowest BCUT2D eigenvalue weighted by molar-refractivity contribution is 0.391. The fraction of sp³-hybridized carbons (Fsp3) is 0.588. The zero-order valence-corrected chi connectivity index (χ0v) is 18.0. The monoisotopic (exact) mass is 425 g/mol. The highest BCUT2D eigenvalue weighted by atomic mass is 32.2. The first-order valence-electron chi connectivity index (χ1n) is 9.33. The van der Waals surface area contributed by atoms with Gasteiger partial charge in [0.2, 0.25) is 10.0 Å². The van der Waals surface area contributed by atoms with E-state index in [0.717, 1.165) is 31.0 Å². The van der Waals surface area contributed by atoms with Crippen LogP contribution < -0.4 is 15.4 Å². The predicted molar refractivity (Wildman–Crippen MR) is 110 cm³/mol. The normalized spacial score (nSPS) is 17.6. The Bertz CT molecular complexity index is 904. The van der Waals surface area contributed by atoms with Crippen LogP contribution in [-0.2, 0) is 23.0 Å². The maximum Gasteiger partial charge on any atom is 0.250 e. The molecule has 1 atom stereocenters. The largest absolute Gasteiger partial charge is 0.355 e. The van der Waals surface area contributed by atoms with Crippen molar-refractivity contribution in [2.75, 3.05) is 20.1 Å².